The lowest BCUT2D eigenvalue weighted by atomic mass is 10.0. The summed E-state index contributed by atoms with van der Waals surface area (Å²) < 4.78 is 0. The van der Waals surface area contributed by atoms with Crippen LogP contribution in [0.1, 0.15) is 27.7 Å². The lowest BCUT2D eigenvalue weighted by molar-refractivity contribution is -0.144. The maximum absolute atomic E-state index is 11.9. The summed E-state index contributed by atoms with van der Waals surface area (Å²) in [5.74, 6) is -1.09. The Morgan fingerprint density at radius 1 is 1.20 bits per heavy atom. The molecule has 1 fully saturated rings. The highest BCUT2D eigenvalue weighted by atomic mass is 16.4. The van der Waals surface area contributed by atoms with Gasteiger partial charge in [0, 0.05) is 13.0 Å². The predicted molar refractivity (Wildman–Crippen MR) is 56.3 cm³/mol. The normalized spacial score (nSPS) is 22.2. The van der Waals surface area contributed by atoms with Crippen molar-refractivity contribution in [1.29, 1.82) is 0 Å². The van der Waals surface area contributed by atoms with Crippen molar-refractivity contribution in [3.8, 4) is 0 Å². The second-order valence-corrected chi connectivity index (χ2v) is 5.46. The summed E-state index contributed by atoms with van der Waals surface area (Å²) in [4.78, 5) is 23.7. The van der Waals surface area contributed by atoms with Crippen LogP contribution in [0.5, 0.6) is 0 Å². The Bertz CT molecular complexity index is 293. The minimum Gasteiger partial charge on any atom is -0.480 e. The molecule has 0 aromatic heterocycles. The second kappa shape index (κ2) is 3.22. The van der Waals surface area contributed by atoms with Gasteiger partial charge < -0.3 is 10.0 Å². The summed E-state index contributed by atoms with van der Waals surface area (Å²) in [7, 11) is 1.54. The molecule has 4 nitrogen and oxygen atoms in total. The molecule has 0 saturated heterocycles. The molecule has 0 radical (unpaired) electrons. The Kier molecular flexibility index (Phi) is 2.58. The van der Waals surface area contributed by atoms with Crippen LogP contribution in [-0.4, -0.2) is 35.5 Å². The van der Waals surface area contributed by atoms with E-state index >= 15 is 0 Å². The van der Waals surface area contributed by atoms with Gasteiger partial charge in [0.25, 0.3) is 0 Å². The molecule has 1 N–H and O–H groups in total. The topological polar surface area (TPSA) is 57.6 Å². The van der Waals surface area contributed by atoms with E-state index in [0.29, 0.717) is 0 Å². The number of aliphatic carboxylic acids is 1. The van der Waals surface area contributed by atoms with Gasteiger partial charge in [-0.3, -0.25) is 9.59 Å². The lowest BCUT2D eigenvalue weighted by Gasteiger charge is -2.15. The average molecular weight is 213 g/mol. The van der Waals surface area contributed by atoms with Gasteiger partial charge >= 0.3 is 5.97 Å². The van der Waals surface area contributed by atoms with Gasteiger partial charge in [-0.25, -0.2) is 0 Å². The number of nitrogens with zero attached hydrogens (tertiary/aromatic N) is 1. The number of carboxylic acid groups (broad SMARTS) is 1. The van der Waals surface area contributed by atoms with Crippen LogP contribution in [0, 0.1) is 16.7 Å². The Morgan fingerprint density at radius 2 is 1.60 bits per heavy atom. The van der Waals surface area contributed by atoms with Crippen molar-refractivity contribution >= 4 is 11.9 Å². The van der Waals surface area contributed by atoms with Gasteiger partial charge in [-0.15, -0.1) is 0 Å². The number of carbonyl (C=O) groups excluding carboxylic acids is 1. The highest BCUT2D eigenvalue weighted by Crippen LogP contribution is 2.68. The molecule has 0 atom stereocenters. The van der Waals surface area contributed by atoms with Gasteiger partial charge in [-0.05, 0) is 10.8 Å². The quantitative estimate of drug-likeness (QED) is 0.766. The molecule has 0 aromatic rings. The van der Waals surface area contributed by atoms with Crippen LogP contribution in [0.2, 0.25) is 0 Å². The van der Waals surface area contributed by atoms with Crippen LogP contribution < -0.4 is 0 Å². The Morgan fingerprint density at radius 3 is 1.87 bits per heavy atom. The van der Waals surface area contributed by atoms with E-state index in [1.165, 1.54) is 4.90 Å². The van der Waals surface area contributed by atoms with Gasteiger partial charge in [0.15, 0.2) is 0 Å². The zero-order valence-corrected chi connectivity index (χ0v) is 10.00. The first-order chi connectivity index (χ1) is 6.62. The maximum atomic E-state index is 11.9. The molecule has 1 amide bonds. The molecule has 0 aliphatic heterocycles. The molecule has 0 aromatic carbocycles. The zero-order valence-electron chi connectivity index (χ0n) is 10.00. The van der Waals surface area contributed by atoms with E-state index < -0.39 is 5.97 Å². The number of rotatable bonds is 3. The van der Waals surface area contributed by atoms with Crippen molar-refractivity contribution < 1.29 is 14.7 Å². The van der Waals surface area contributed by atoms with Crippen LogP contribution in [0.4, 0.5) is 0 Å². The van der Waals surface area contributed by atoms with Gasteiger partial charge in [0.2, 0.25) is 5.91 Å². The third kappa shape index (κ3) is 1.73. The summed E-state index contributed by atoms with van der Waals surface area (Å²) in [6.45, 7) is 7.96. The fraction of sp³-hybridized carbons (Fsp3) is 0.818. The number of hydrogen-bond donors (Lipinski definition) is 1. The molecule has 0 unspecified atom stereocenters. The molecule has 15 heavy (non-hydrogen) atoms. The third-order valence-corrected chi connectivity index (χ3v) is 4.02. The third-order valence-electron chi connectivity index (χ3n) is 4.02. The first-order valence-corrected chi connectivity index (χ1v) is 5.09. The van der Waals surface area contributed by atoms with Crippen molar-refractivity contribution in [3.63, 3.8) is 0 Å². The molecule has 0 bridgehead atoms. The maximum Gasteiger partial charge on any atom is 0.323 e. The summed E-state index contributed by atoms with van der Waals surface area (Å²) in [5.41, 5.74) is -0.0618. The fourth-order valence-electron chi connectivity index (χ4n) is 2.31. The van der Waals surface area contributed by atoms with Crippen LogP contribution in [0.25, 0.3) is 0 Å². The summed E-state index contributed by atoms with van der Waals surface area (Å²) in [6, 6.07) is 0. The molecule has 1 aliphatic carbocycles. The molecular formula is C11H19NO3. The SMILES string of the molecule is CN(CC(=O)O)C(=O)C1C(C)(C)C1(C)C. The average Bonchev–Trinajstić information content (AvgIpc) is 2.40. The Labute approximate surface area is 90.3 Å². The second-order valence-electron chi connectivity index (χ2n) is 5.46. The van der Waals surface area contributed by atoms with Gasteiger partial charge in [0.1, 0.15) is 6.54 Å². The number of likely N-dealkylation sites (N-methyl/N-ethyl adjacent to an activating group) is 1. The molecular weight excluding hydrogens is 194 g/mol. The van der Waals surface area contributed by atoms with Crippen molar-refractivity contribution in [1.82, 2.24) is 4.90 Å². The van der Waals surface area contributed by atoms with E-state index in [0.717, 1.165) is 0 Å². The van der Waals surface area contributed by atoms with E-state index in [2.05, 4.69) is 0 Å². The van der Waals surface area contributed by atoms with Crippen molar-refractivity contribution in [2.75, 3.05) is 13.6 Å². The minimum absolute atomic E-state index is 0.0309. The van der Waals surface area contributed by atoms with E-state index in [4.69, 9.17) is 5.11 Å². The van der Waals surface area contributed by atoms with Crippen LogP contribution in [0.3, 0.4) is 0 Å². The van der Waals surface area contributed by atoms with Crippen molar-refractivity contribution in [3.05, 3.63) is 0 Å². The number of amides is 1. The standard InChI is InChI=1S/C11H19NO3/c1-10(2)8(11(10,3)4)9(15)12(5)6-7(13)14/h8H,6H2,1-5H3,(H,13,14). The minimum atomic E-state index is -0.970. The number of carboxylic acids is 1. The molecule has 1 rings (SSSR count). The molecule has 86 valence electrons. The fourth-order valence-corrected chi connectivity index (χ4v) is 2.31. The first-order valence-electron chi connectivity index (χ1n) is 5.09. The molecule has 0 spiro atoms. The monoisotopic (exact) mass is 213 g/mol. The molecule has 1 saturated carbocycles. The van der Waals surface area contributed by atoms with E-state index in [1.54, 1.807) is 7.05 Å². The van der Waals surface area contributed by atoms with Gasteiger partial charge in [0.05, 0.1) is 0 Å². The Hall–Kier alpha value is -1.06. The van der Waals surface area contributed by atoms with Crippen LogP contribution in [0.15, 0.2) is 0 Å². The van der Waals surface area contributed by atoms with Crippen LogP contribution >= 0.6 is 0 Å². The summed E-state index contributed by atoms with van der Waals surface area (Å²) in [6.07, 6.45) is 0. The van der Waals surface area contributed by atoms with Crippen LogP contribution in [-0.2, 0) is 9.59 Å². The molecule has 1 aliphatic rings. The first kappa shape index (κ1) is 12.0. The van der Waals surface area contributed by atoms with E-state index in [1.807, 2.05) is 27.7 Å². The lowest BCUT2D eigenvalue weighted by Crippen LogP contribution is -2.34. The number of carbonyl (C=O) groups is 2. The van der Waals surface area contributed by atoms with E-state index in [9.17, 15) is 9.59 Å². The number of hydrogen-bond acceptors (Lipinski definition) is 2. The predicted octanol–water partition coefficient (Wildman–Crippen LogP) is 1.21. The smallest absolute Gasteiger partial charge is 0.323 e. The largest absolute Gasteiger partial charge is 0.480 e. The summed E-state index contributed by atoms with van der Waals surface area (Å²) >= 11 is 0. The summed E-state index contributed by atoms with van der Waals surface area (Å²) in [5, 5.41) is 8.60. The zero-order chi connectivity index (χ0) is 12.0. The van der Waals surface area contributed by atoms with E-state index in [-0.39, 0.29) is 29.2 Å². The van der Waals surface area contributed by atoms with Gasteiger partial charge in [-0.1, -0.05) is 27.7 Å². The van der Waals surface area contributed by atoms with Crippen molar-refractivity contribution in [2.45, 2.75) is 27.7 Å². The molecule has 0 heterocycles. The Balaban J connectivity index is 2.69. The molecule has 4 heteroatoms. The van der Waals surface area contributed by atoms with Crippen molar-refractivity contribution in [2.24, 2.45) is 16.7 Å². The highest BCUT2D eigenvalue weighted by Gasteiger charge is 2.68. The highest BCUT2D eigenvalue weighted by molar-refractivity contribution is 5.86. The van der Waals surface area contributed by atoms with Gasteiger partial charge in [-0.2, -0.15) is 0 Å².